The van der Waals surface area contributed by atoms with Crippen LogP contribution in [0.15, 0.2) is 54.6 Å². The molecular weight excluding hydrogens is 362 g/mol. The maximum Gasteiger partial charge on any atom is 0.0689 e. The predicted octanol–water partition coefficient (Wildman–Crippen LogP) is 8.74. The topological polar surface area (TPSA) is 23.8 Å². The normalized spacial score (nSPS) is 30.8. The van der Waals surface area contributed by atoms with Gasteiger partial charge in [0.05, 0.1) is 11.5 Å². The molecule has 1 aromatic rings. The van der Waals surface area contributed by atoms with Gasteiger partial charge in [0, 0.05) is 11.3 Å². The van der Waals surface area contributed by atoms with E-state index in [9.17, 15) is 5.26 Å². The van der Waals surface area contributed by atoms with Crippen LogP contribution in [0.1, 0.15) is 102 Å². The zero-order valence-electron chi connectivity index (χ0n) is 19.3. The average Bonchev–Trinajstić information content (AvgIpc) is 2.80. The lowest BCUT2D eigenvalue weighted by Crippen LogP contribution is -2.35. The second kappa shape index (κ2) is 11.0. The van der Waals surface area contributed by atoms with Crippen molar-refractivity contribution in [3.8, 4) is 6.07 Å². The van der Waals surface area contributed by atoms with Crippen LogP contribution < -0.4 is 0 Å². The molecule has 0 aliphatic heterocycles. The van der Waals surface area contributed by atoms with E-state index >= 15 is 0 Å². The Morgan fingerprint density at radius 2 is 1.53 bits per heavy atom. The van der Waals surface area contributed by atoms with Crippen molar-refractivity contribution in [3.05, 3.63) is 60.2 Å². The van der Waals surface area contributed by atoms with Gasteiger partial charge in [-0.25, -0.2) is 0 Å². The molecule has 1 aromatic carbocycles. The number of nitrogens with zero attached hydrogens (tertiary/aromatic N) is 1. The summed E-state index contributed by atoms with van der Waals surface area (Å²) in [5.41, 5.74) is 1.53. The van der Waals surface area contributed by atoms with Crippen LogP contribution in [-0.4, -0.2) is 0 Å². The monoisotopic (exact) mass is 403 g/mol. The summed E-state index contributed by atoms with van der Waals surface area (Å²) in [6, 6.07) is 13.6. The maximum atomic E-state index is 9.99. The molecule has 1 heteroatoms. The van der Waals surface area contributed by atoms with E-state index < -0.39 is 0 Å². The number of allylic oxidation sites excluding steroid dienone is 4. The largest absolute Gasteiger partial charge is 0.198 e. The second-order valence-electron chi connectivity index (χ2n) is 9.85. The van der Waals surface area contributed by atoms with Gasteiger partial charge in [-0.05, 0) is 50.0 Å². The first kappa shape index (κ1) is 22.9. The Bertz CT molecular complexity index is 713. The number of rotatable bonds is 10. The Labute approximate surface area is 185 Å². The number of unbranched alkanes of at least 4 members (excludes halogenated alkanes) is 4. The molecule has 162 valence electrons. The fraction of sp³-hybridized carbons (Fsp3) is 0.621. The summed E-state index contributed by atoms with van der Waals surface area (Å²) >= 11 is 0. The van der Waals surface area contributed by atoms with Gasteiger partial charge in [0.25, 0.3) is 0 Å². The zero-order valence-corrected chi connectivity index (χ0v) is 19.3. The van der Waals surface area contributed by atoms with Crippen LogP contribution in [0.3, 0.4) is 0 Å². The number of hydrogen-bond acceptors (Lipinski definition) is 1. The molecule has 0 bridgehead atoms. The Kier molecular flexibility index (Phi) is 8.38. The smallest absolute Gasteiger partial charge is 0.0689 e. The Morgan fingerprint density at radius 1 is 0.867 bits per heavy atom. The minimum Gasteiger partial charge on any atom is -0.198 e. The van der Waals surface area contributed by atoms with Crippen molar-refractivity contribution in [1.29, 1.82) is 5.26 Å². The molecule has 0 heterocycles. The molecule has 0 amide bonds. The summed E-state index contributed by atoms with van der Waals surface area (Å²) in [6.07, 6.45) is 24.6. The van der Waals surface area contributed by atoms with E-state index in [0.717, 1.165) is 19.3 Å². The summed E-state index contributed by atoms with van der Waals surface area (Å²) in [7, 11) is 0. The molecule has 0 unspecified atom stereocenters. The SMILES string of the molecule is CCCCCCCC1(C#N)CCC(C2(CCC)C=CC(c3ccccc3)C=C2)CC1. The van der Waals surface area contributed by atoms with Crippen molar-refractivity contribution in [2.75, 3.05) is 0 Å². The highest BCUT2D eigenvalue weighted by Gasteiger charge is 2.42. The molecule has 1 saturated carbocycles. The van der Waals surface area contributed by atoms with Gasteiger partial charge >= 0.3 is 0 Å². The van der Waals surface area contributed by atoms with Gasteiger partial charge in [0.15, 0.2) is 0 Å². The van der Waals surface area contributed by atoms with E-state index in [1.165, 1.54) is 63.4 Å². The van der Waals surface area contributed by atoms with Crippen molar-refractivity contribution >= 4 is 0 Å². The molecule has 3 rings (SSSR count). The maximum absolute atomic E-state index is 9.99. The molecule has 0 radical (unpaired) electrons. The lowest BCUT2D eigenvalue weighted by molar-refractivity contribution is 0.128. The third kappa shape index (κ3) is 5.46. The van der Waals surface area contributed by atoms with Gasteiger partial charge < -0.3 is 0 Å². The summed E-state index contributed by atoms with van der Waals surface area (Å²) in [5.74, 6) is 1.09. The lowest BCUT2D eigenvalue weighted by atomic mass is 9.59. The number of benzene rings is 1. The van der Waals surface area contributed by atoms with Crippen molar-refractivity contribution < 1.29 is 0 Å². The van der Waals surface area contributed by atoms with Crippen LogP contribution in [0.2, 0.25) is 0 Å². The zero-order chi connectivity index (χ0) is 21.3. The van der Waals surface area contributed by atoms with Crippen molar-refractivity contribution in [1.82, 2.24) is 0 Å². The molecular formula is C29H41N. The van der Waals surface area contributed by atoms with Gasteiger partial charge in [-0.15, -0.1) is 0 Å². The van der Waals surface area contributed by atoms with Crippen LogP contribution >= 0.6 is 0 Å². The van der Waals surface area contributed by atoms with Gasteiger partial charge in [-0.1, -0.05) is 107 Å². The third-order valence-corrected chi connectivity index (χ3v) is 7.79. The second-order valence-corrected chi connectivity index (χ2v) is 9.85. The van der Waals surface area contributed by atoms with Gasteiger partial charge in [-0.3, -0.25) is 0 Å². The van der Waals surface area contributed by atoms with Crippen molar-refractivity contribution in [3.63, 3.8) is 0 Å². The van der Waals surface area contributed by atoms with Gasteiger partial charge in [0.2, 0.25) is 0 Å². The van der Waals surface area contributed by atoms with Gasteiger partial charge in [0.1, 0.15) is 0 Å². The van der Waals surface area contributed by atoms with E-state index in [0.29, 0.717) is 11.8 Å². The molecule has 1 nitrogen and oxygen atoms in total. The summed E-state index contributed by atoms with van der Waals surface area (Å²) in [4.78, 5) is 0. The molecule has 0 spiro atoms. The third-order valence-electron chi connectivity index (χ3n) is 7.79. The van der Waals surface area contributed by atoms with E-state index in [4.69, 9.17) is 0 Å². The summed E-state index contributed by atoms with van der Waals surface area (Å²) in [5, 5.41) is 9.99. The number of hydrogen-bond donors (Lipinski definition) is 0. The van der Waals surface area contributed by atoms with E-state index in [2.05, 4.69) is 74.6 Å². The Morgan fingerprint density at radius 3 is 2.13 bits per heavy atom. The lowest BCUT2D eigenvalue weighted by Gasteiger charge is -2.44. The molecule has 0 N–H and O–H groups in total. The standard InChI is InChI=1S/C29H41N/c1-3-5-6-7-11-19-28(24-30)20-16-27(17-21-28)29(18-4-2)22-14-26(15-23-29)25-12-9-8-10-13-25/h8-10,12-15,22-23,26-27H,3-7,11,16-21H2,1-2H3. The molecule has 2 aliphatic rings. The Balaban J connectivity index is 1.62. The quantitative estimate of drug-likeness (QED) is 0.283. The first-order chi connectivity index (χ1) is 14.7. The van der Waals surface area contributed by atoms with Crippen LogP contribution in [0, 0.1) is 28.1 Å². The fourth-order valence-corrected chi connectivity index (χ4v) is 5.85. The highest BCUT2D eigenvalue weighted by atomic mass is 14.5. The van der Waals surface area contributed by atoms with Gasteiger partial charge in [-0.2, -0.15) is 5.26 Å². The van der Waals surface area contributed by atoms with Crippen LogP contribution in [0.5, 0.6) is 0 Å². The molecule has 2 aliphatic carbocycles. The summed E-state index contributed by atoms with van der Waals surface area (Å²) in [6.45, 7) is 4.58. The van der Waals surface area contributed by atoms with Crippen LogP contribution in [0.4, 0.5) is 0 Å². The highest BCUT2D eigenvalue weighted by molar-refractivity contribution is 5.34. The molecule has 30 heavy (non-hydrogen) atoms. The molecule has 0 saturated heterocycles. The number of nitriles is 1. The van der Waals surface area contributed by atoms with Crippen LogP contribution in [0.25, 0.3) is 0 Å². The molecule has 0 atom stereocenters. The minimum absolute atomic E-state index is 0.0508. The van der Waals surface area contributed by atoms with E-state index in [1.54, 1.807) is 0 Å². The predicted molar refractivity (Wildman–Crippen MR) is 128 cm³/mol. The highest BCUT2D eigenvalue weighted by Crippen LogP contribution is 2.52. The minimum atomic E-state index is -0.0508. The van der Waals surface area contributed by atoms with E-state index in [1.807, 2.05) is 0 Å². The first-order valence-electron chi connectivity index (χ1n) is 12.5. The van der Waals surface area contributed by atoms with Crippen molar-refractivity contribution in [2.24, 2.45) is 16.7 Å². The first-order valence-corrected chi connectivity index (χ1v) is 12.5. The Hall–Kier alpha value is -1.81. The van der Waals surface area contributed by atoms with Crippen molar-refractivity contribution in [2.45, 2.75) is 96.8 Å². The fourth-order valence-electron chi connectivity index (χ4n) is 5.85. The average molecular weight is 404 g/mol. The summed E-state index contributed by atoms with van der Waals surface area (Å²) < 4.78 is 0. The van der Waals surface area contributed by atoms with E-state index in [-0.39, 0.29) is 10.8 Å². The molecule has 0 aromatic heterocycles. The van der Waals surface area contributed by atoms with Crippen LogP contribution in [-0.2, 0) is 0 Å². The molecule has 1 fully saturated rings.